The highest BCUT2D eigenvalue weighted by Crippen LogP contribution is 2.36. The standard InChI is InChI=1S/C27H39N3/c1-2-21-17-25-23-12-8-13-24(23)27(28-19-20-9-7-10-20)29-26(25)18-22(21)11-3-4-14-30-15-5-6-16-30/h17-18,20H,2-16,19H2,1H3,(H,28,29). The van der Waals surface area contributed by atoms with Crippen molar-refractivity contribution in [1.29, 1.82) is 0 Å². The Hall–Kier alpha value is -1.61. The van der Waals surface area contributed by atoms with Crippen LogP contribution in [-0.2, 0) is 25.7 Å². The van der Waals surface area contributed by atoms with Crippen LogP contribution >= 0.6 is 0 Å². The minimum atomic E-state index is 0.869. The second kappa shape index (κ2) is 9.26. The van der Waals surface area contributed by atoms with E-state index in [2.05, 4.69) is 29.3 Å². The number of fused-ring (bicyclic) bond motifs is 3. The molecule has 1 aromatic heterocycles. The van der Waals surface area contributed by atoms with Gasteiger partial charge in [-0.25, -0.2) is 4.98 Å². The van der Waals surface area contributed by atoms with Crippen molar-refractivity contribution in [3.8, 4) is 0 Å². The van der Waals surface area contributed by atoms with Crippen molar-refractivity contribution in [3.05, 3.63) is 34.4 Å². The van der Waals surface area contributed by atoms with Gasteiger partial charge in [-0.3, -0.25) is 0 Å². The molecule has 2 fully saturated rings. The van der Waals surface area contributed by atoms with E-state index in [0.29, 0.717) is 0 Å². The van der Waals surface area contributed by atoms with E-state index in [-0.39, 0.29) is 0 Å². The fourth-order valence-electron chi connectivity index (χ4n) is 5.80. The Bertz CT molecular complexity index is 878. The molecule has 5 rings (SSSR count). The molecule has 1 aliphatic heterocycles. The SMILES string of the molecule is CCc1cc2c3c(c(NCC4CCC4)nc2cc1CCCCN1CCCC1)CCC3. The normalized spacial score (nSPS) is 19.4. The average Bonchev–Trinajstić information content (AvgIpc) is 3.41. The molecular weight excluding hydrogens is 366 g/mol. The first kappa shape index (κ1) is 20.3. The van der Waals surface area contributed by atoms with Gasteiger partial charge in [-0.05, 0) is 131 Å². The number of unbranched alkanes of at least 4 members (excludes halogenated alkanes) is 1. The molecule has 0 bridgehead atoms. The molecule has 162 valence electrons. The highest BCUT2D eigenvalue weighted by Gasteiger charge is 2.23. The summed E-state index contributed by atoms with van der Waals surface area (Å²) in [6.45, 7) is 7.36. The van der Waals surface area contributed by atoms with Crippen LogP contribution in [0.5, 0.6) is 0 Å². The smallest absolute Gasteiger partial charge is 0.130 e. The van der Waals surface area contributed by atoms with Crippen LogP contribution in [0.25, 0.3) is 10.9 Å². The van der Waals surface area contributed by atoms with E-state index >= 15 is 0 Å². The molecule has 0 spiro atoms. The maximum atomic E-state index is 5.19. The highest BCUT2D eigenvalue weighted by atomic mass is 15.1. The summed E-state index contributed by atoms with van der Waals surface area (Å²) in [6.07, 6.45) is 15.7. The van der Waals surface area contributed by atoms with Gasteiger partial charge < -0.3 is 10.2 Å². The Kier molecular flexibility index (Phi) is 6.27. The van der Waals surface area contributed by atoms with E-state index in [9.17, 15) is 0 Å². The third-order valence-electron chi connectivity index (χ3n) is 7.91. The van der Waals surface area contributed by atoms with Gasteiger partial charge in [-0.1, -0.05) is 13.3 Å². The number of likely N-dealkylation sites (tertiary alicyclic amines) is 1. The third-order valence-corrected chi connectivity index (χ3v) is 7.91. The lowest BCUT2D eigenvalue weighted by molar-refractivity contribution is 0.330. The molecule has 1 aromatic carbocycles. The second-order valence-electron chi connectivity index (χ2n) is 9.95. The van der Waals surface area contributed by atoms with Crippen LogP contribution in [0, 0.1) is 5.92 Å². The van der Waals surface area contributed by atoms with Gasteiger partial charge in [-0.15, -0.1) is 0 Å². The summed E-state index contributed by atoms with van der Waals surface area (Å²) in [5.41, 5.74) is 7.43. The maximum Gasteiger partial charge on any atom is 0.130 e. The number of anilines is 1. The van der Waals surface area contributed by atoms with Crippen LogP contribution < -0.4 is 5.32 Å². The zero-order valence-corrected chi connectivity index (χ0v) is 18.9. The first-order valence-electron chi connectivity index (χ1n) is 12.8. The number of hydrogen-bond donors (Lipinski definition) is 1. The molecule has 0 atom stereocenters. The second-order valence-corrected chi connectivity index (χ2v) is 9.95. The van der Waals surface area contributed by atoms with E-state index in [1.807, 2.05) is 0 Å². The molecule has 1 N–H and O–H groups in total. The van der Waals surface area contributed by atoms with E-state index in [0.717, 1.165) is 18.9 Å². The zero-order chi connectivity index (χ0) is 20.3. The van der Waals surface area contributed by atoms with Gasteiger partial charge in [-0.2, -0.15) is 0 Å². The van der Waals surface area contributed by atoms with E-state index in [1.165, 1.54) is 113 Å². The summed E-state index contributed by atoms with van der Waals surface area (Å²) < 4.78 is 0. The van der Waals surface area contributed by atoms with Crippen molar-refractivity contribution < 1.29 is 0 Å². The van der Waals surface area contributed by atoms with Crippen LogP contribution in [0.15, 0.2) is 12.1 Å². The summed E-state index contributed by atoms with van der Waals surface area (Å²) >= 11 is 0. The van der Waals surface area contributed by atoms with Crippen LogP contribution in [0.4, 0.5) is 5.82 Å². The number of rotatable bonds is 9. The van der Waals surface area contributed by atoms with Crippen molar-refractivity contribution in [1.82, 2.24) is 9.88 Å². The molecule has 2 heterocycles. The topological polar surface area (TPSA) is 28.2 Å². The van der Waals surface area contributed by atoms with Crippen LogP contribution in [0.1, 0.15) is 80.5 Å². The van der Waals surface area contributed by atoms with Gasteiger partial charge in [0.15, 0.2) is 0 Å². The number of hydrogen-bond acceptors (Lipinski definition) is 3. The van der Waals surface area contributed by atoms with Crippen LogP contribution in [0.3, 0.4) is 0 Å². The molecule has 3 nitrogen and oxygen atoms in total. The Morgan fingerprint density at radius 3 is 2.57 bits per heavy atom. The minimum absolute atomic E-state index is 0.869. The summed E-state index contributed by atoms with van der Waals surface area (Å²) in [4.78, 5) is 7.83. The van der Waals surface area contributed by atoms with Gasteiger partial charge in [0, 0.05) is 11.9 Å². The first-order valence-corrected chi connectivity index (χ1v) is 12.8. The third kappa shape index (κ3) is 4.23. The molecule has 3 aliphatic rings. The number of benzene rings is 1. The monoisotopic (exact) mass is 405 g/mol. The molecule has 1 saturated carbocycles. The summed E-state index contributed by atoms with van der Waals surface area (Å²) in [5, 5.41) is 5.19. The lowest BCUT2D eigenvalue weighted by atomic mass is 9.85. The molecular formula is C27H39N3. The molecule has 30 heavy (non-hydrogen) atoms. The molecule has 1 saturated heterocycles. The number of pyridine rings is 1. The maximum absolute atomic E-state index is 5.19. The molecule has 2 aromatic rings. The van der Waals surface area contributed by atoms with Crippen molar-refractivity contribution in [3.63, 3.8) is 0 Å². The van der Waals surface area contributed by atoms with Gasteiger partial charge in [0.05, 0.1) is 5.52 Å². The number of aryl methyl sites for hydroxylation is 3. The lowest BCUT2D eigenvalue weighted by Gasteiger charge is -2.26. The predicted octanol–water partition coefficient (Wildman–Crippen LogP) is 5.92. The minimum Gasteiger partial charge on any atom is -0.370 e. The number of nitrogens with one attached hydrogen (secondary N) is 1. The predicted molar refractivity (Wildman–Crippen MR) is 128 cm³/mol. The molecule has 2 aliphatic carbocycles. The Labute approximate surface area is 182 Å². The van der Waals surface area contributed by atoms with Crippen LogP contribution in [0.2, 0.25) is 0 Å². The fourth-order valence-corrected chi connectivity index (χ4v) is 5.80. The quantitative estimate of drug-likeness (QED) is 0.525. The van der Waals surface area contributed by atoms with Crippen molar-refractivity contribution in [2.75, 3.05) is 31.5 Å². The van der Waals surface area contributed by atoms with Gasteiger partial charge in [0.2, 0.25) is 0 Å². The van der Waals surface area contributed by atoms with Gasteiger partial charge in [0.1, 0.15) is 5.82 Å². The molecule has 3 heteroatoms. The van der Waals surface area contributed by atoms with Crippen molar-refractivity contribution in [2.45, 2.75) is 84.0 Å². The van der Waals surface area contributed by atoms with Crippen molar-refractivity contribution in [2.24, 2.45) is 5.92 Å². The lowest BCUT2D eigenvalue weighted by Crippen LogP contribution is -2.22. The van der Waals surface area contributed by atoms with Gasteiger partial charge >= 0.3 is 0 Å². The van der Waals surface area contributed by atoms with E-state index in [1.54, 1.807) is 16.7 Å². The molecule has 0 radical (unpaired) electrons. The Morgan fingerprint density at radius 2 is 1.80 bits per heavy atom. The fraction of sp³-hybridized carbons (Fsp3) is 0.667. The summed E-state index contributed by atoms with van der Waals surface area (Å²) in [5.74, 6) is 2.07. The largest absolute Gasteiger partial charge is 0.370 e. The van der Waals surface area contributed by atoms with Crippen molar-refractivity contribution >= 4 is 16.7 Å². The van der Waals surface area contributed by atoms with E-state index in [4.69, 9.17) is 4.98 Å². The Morgan fingerprint density at radius 1 is 0.967 bits per heavy atom. The van der Waals surface area contributed by atoms with Crippen LogP contribution in [-0.4, -0.2) is 36.1 Å². The molecule has 0 amide bonds. The first-order chi connectivity index (χ1) is 14.8. The number of aromatic nitrogens is 1. The average molecular weight is 406 g/mol. The summed E-state index contributed by atoms with van der Waals surface area (Å²) in [7, 11) is 0. The molecule has 0 unspecified atom stereocenters. The van der Waals surface area contributed by atoms with E-state index < -0.39 is 0 Å². The summed E-state index contributed by atoms with van der Waals surface area (Å²) in [6, 6.07) is 4.94. The zero-order valence-electron chi connectivity index (χ0n) is 18.9. The van der Waals surface area contributed by atoms with Gasteiger partial charge in [0.25, 0.3) is 0 Å². The Balaban J connectivity index is 1.35. The number of nitrogens with zero attached hydrogens (tertiary/aromatic N) is 2. The highest BCUT2D eigenvalue weighted by molar-refractivity contribution is 5.88.